The number of carbonyl (C=O) groups excluding carboxylic acids is 2. The van der Waals surface area contributed by atoms with Gasteiger partial charge in [0.15, 0.2) is 5.82 Å². The van der Waals surface area contributed by atoms with Gasteiger partial charge < -0.3 is 24.8 Å². The average Bonchev–Trinajstić information content (AvgIpc) is 3.71. The van der Waals surface area contributed by atoms with Gasteiger partial charge in [-0.3, -0.25) is 19.5 Å². The maximum atomic E-state index is 15.6. The molecule has 2 aliphatic heterocycles. The second kappa shape index (κ2) is 12.5. The minimum absolute atomic E-state index is 0.0108. The van der Waals surface area contributed by atoms with Crippen LogP contribution < -0.4 is 15.5 Å². The van der Waals surface area contributed by atoms with E-state index in [1.54, 1.807) is 19.4 Å². The molecular weight excluding hydrogens is 685 g/mol. The fourth-order valence-corrected chi connectivity index (χ4v) is 8.29. The quantitative estimate of drug-likeness (QED) is 0.196. The number of benzene rings is 1. The molecule has 0 bridgehead atoms. The average molecular weight is 731 g/mol. The summed E-state index contributed by atoms with van der Waals surface area (Å²) in [5.41, 5.74) is 1.85. The highest BCUT2D eigenvalue weighted by Gasteiger charge is 2.55. The fraction of sp³-hybridized carbons (Fsp3) is 0.513. The maximum absolute atomic E-state index is 15.6. The zero-order chi connectivity index (χ0) is 37.6. The van der Waals surface area contributed by atoms with Crippen molar-refractivity contribution in [2.24, 2.45) is 0 Å². The first-order chi connectivity index (χ1) is 25.1. The van der Waals surface area contributed by atoms with Gasteiger partial charge in [0, 0.05) is 48.0 Å². The van der Waals surface area contributed by atoms with Crippen LogP contribution >= 0.6 is 0 Å². The number of imidazole rings is 1. The number of fused-ring (bicyclic) bond motifs is 2. The molecule has 4 aromatic rings. The predicted molar refractivity (Wildman–Crippen MR) is 195 cm³/mol. The summed E-state index contributed by atoms with van der Waals surface area (Å²) in [6, 6.07) is 6.36. The first-order valence-electron chi connectivity index (χ1n) is 18.3. The highest BCUT2D eigenvalue weighted by Crippen LogP contribution is 2.50. The molecule has 2 saturated carbocycles. The molecule has 2 amide bonds. The van der Waals surface area contributed by atoms with Gasteiger partial charge in [-0.25, -0.2) is 23.1 Å². The van der Waals surface area contributed by atoms with Crippen molar-refractivity contribution in [3.8, 4) is 11.3 Å². The van der Waals surface area contributed by atoms with Crippen LogP contribution in [0.25, 0.3) is 22.3 Å². The Balaban J connectivity index is 1.16. The number of rotatable bonds is 9. The summed E-state index contributed by atoms with van der Waals surface area (Å²) in [5, 5.41) is 5.59. The van der Waals surface area contributed by atoms with Crippen LogP contribution in [0, 0.1) is 12.7 Å². The zero-order valence-corrected chi connectivity index (χ0v) is 30.9. The van der Waals surface area contributed by atoms with Crippen molar-refractivity contribution in [2.75, 3.05) is 36.5 Å². The Labute approximate surface area is 306 Å². The third-order valence-electron chi connectivity index (χ3n) is 11.7. The number of nitrogens with one attached hydrogen (secondary N) is 2. The van der Waals surface area contributed by atoms with Crippen molar-refractivity contribution in [2.45, 2.75) is 102 Å². The molecule has 1 saturated heterocycles. The first kappa shape index (κ1) is 35.5. The number of morpholine rings is 1. The summed E-state index contributed by atoms with van der Waals surface area (Å²) in [7, 11) is 0. The van der Waals surface area contributed by atoms with Gasteiger partial charge in [-0.2, -0.15) is 0 Å². The van der Waals surface area contributed by atoms with Crippen LogP contribution in [0.1, 0.15) is 88.0 Å². The molecule has 1 aromatic carbocycles. The number of alkyl halides is 2. The van der Waals surface area contributed by atoms with Crippen molar-refractivity contribution in [1.29, 1.82) is 0 Å². The van der Waals surface area contributed by atoms with Crippen molar-refractivity contribution >= 4 is 40.0 Å². The Hall–Kier alpha value is -4.56. The summed E-state index contributed by atoms with van der Waals surface area (Å²) in [6.45, 7) is 14.8. The van der Waals surface area contributed by atoms with E-state index in [1.165, 1.54) is 12.1 Å². The van der Waals surface area contributed by atoms with Gasteiger partial charge in [-0.1, -0.05) is 0 Å². The Morgan fingerprint density at radius 2 is 1.75 bits per heavy atom. The molecule has 280 valence electrons. The molecule has 3 fully saturated rings. The molecule has 8 rings (SSSR count). The second-order valence-electron chi connectivity index (χ2n) is 16.2. The number of hydrogen-bond donors (Lipinski definition) is 2. The van der Waals surface area contributed by atoms with Gasteiger partial charge in [0.05, 0.1) is 53.2 Å². The lowest BCUT2D eigenvalue weighted by Gasteiger charge is -2.55. The van der Waals surface area contributed by atoms with Crippen LogP contribution in [0.3, 0.4) is 0 Å². The van der Waals surface area contributed by atoms with E-state index in [9.17, 15) is 18.4 Å². The number of carbonyl (C=O) groups is 2. The molecule has 2 aliphatic carbocycles. The molecule has 4 aliphatic rings. The number of aromatic nitrogens is 4. The highest BCUT2D eigenvalue weighted by molar-refractivity contribution is 6.08. The Bertz CT molecular complexity index is 2130. The van der Waals surface area contributed by atoms with E-state index in [0.29, 0.717) is 46.8 Å². The van der Waals surface area contributed by atoms with Crippen LogP contribution in [0.4, 0.5) is 30.4 Å². The molecule has 14 heteroatoms. The number of hydrogen-bond acceptors (Lipinski definition) is 8. The van der Waals surface area contributed by atoms with E-state index in [4.69, 9.17) is 14.7 Å². The van der Waals surface area contributed by atoms with Crippen LogP contribution in [0.2, 0.25) is 0 Å². The molecule has 5 heterocycles. The zero-order valence-electron chi connectivity index (χ0n) is 30.9. The van der Waals surface area contributed by atoms with Crippen LogP contribution in [0.5, 0.6) is 0 Å². The predicted octanol–water partition coefficient (Wildman–Crippen LogP) is 6.67. The fourth-order valence-electron chi connectivity index (χ4n) is 8.29. The standard InChI is InChI=1S/C39H45F3N8O3/c1-21(2)49-20-44-29-16-27(45-33(31(29)49)46-28-15-25(22(3)13-26(28)40)34(51)47-39(7-8-39)35(41)42)23-14-30-32(43-19-23)37(4,5)36(52)50(30)24-17-38(6,18-24)48-9-11-53-12-10-48/h13-16,19-21,24,35H,7-12,17-18H2,1-6H3,(H,45,46)(H,47,51). The molecule has 11 nitrogen and oxygen atoms in total. The first-order valence-corrected chi connectivity index (χ1v) is 18.3. The summed E-state index contributed by atoms with van der Waals surface area (Å²) in [4.78, 5) is 46.1. The number of pyridine rings is 2. The second-order valence-corrected chi connectivity index (χ2v) is 16.2. The van der Waals surface area contributed by atoms with E-state index in [0.717, 1.165) is 31.6 Å². The Morgan fingerprint density at radius 3 is 2.42 bits per heavy atom. The van der Waals surface area contributed by atoms with Crippen molar-refractivity contribution in [3.05, 3.63) is 59.4 Å². The van der Waals surface area contributed by atoms with Crippen molar-refractivity contribution in [3.63, 3.8) is 0 Å². The topological polar surface area (TPSA) is 118 Å². The number of halogens is 3. The van der Waals surface area contributed by atoms with Gasteiger partial charge in [0.1, 0.15) is 16.9 Å². The van der Waals surface area contributed by atoms with Crippen LogP contribution in [-0.4, -0.2) is 86.1 Å². The van der Waals surface area contributed by atoms with E-state index in [2.05, 4.69) is 27.4 Å². The van der Waals surface area contributed by atoms with Crippen molar-refractivity contribution in [1.82, 2.24) is 29.7 Å². The summed E-state index contributed by atoms with van der Waals surface area (Å²) < 4.78 is 50.5. The Kier molecular flexibility index (Phi) is 8.37. The number of aryl methyl sites for hydroxylation is 1. The molecule has 3 aromatic heterocycles. The summed E-state index contributed by atoms with van der Waals surface area (Å²) in [6.07, 6.45) is 2.76. The van der Waals surface area contributed by atoms with Crippen molar-refractivity contribution < 1.29 is 27.5 Å². The minimum Gasteiger partial charge on any atom is -0.379 e. The van der Waals surface area contributed by atoms with Gasteiger partial charge in [0.2, 0.25) is 5.91 Å². The largest absolute Gasteiger partial charge is 0.379 e. The molecule has 0 spiro atoms. The molecule has 53 heavy (non-hydrogen) atoms. The molecule has 0 radical (unpaired) electrons. The minimum atomic E-state index is -2.70. The van der Waals surface area contributed by atoms with Crippen LogP contribution in [-0.2, 0) is 14.9 Å². The summed E-state index contributed by atoms with van der Waals surface area (Å²) in [5.74, 6) is -1.02. The van der Waals surface area contributed by atoms with Gasteiger partial charge in [-0.15, -0.1) is 0 Å². The highest BCUT2D eigenvalue weighted by atomic mass is 19.3. The number of amides is 2. The molecule has 0 unspecified atom stereocenters. The van der Waals surface area contributed by atoms with E-state index in [-0.39, 0.29) is 53.4 Å². The number of nitrogens with zero attached hydrogens (tertiary/aromatic N) is 6. The van der Waals surface area contributed by atoms with Gasteiger partial charge >= 0.3 is 0 Å². The summed E-state index contributed by atoms with van der Waals surface area (Å²) >= 11 is 0. The van der Waals surface area contributed by atoms with Gasteiger partial charge in [0.25, 0.3) is 12.3 Å². The van der Waals surface area contributed by atoms with E-state index >= 15 is 4.39 Å². The normalized spacial score (nSPS) is 23.4. The monoisotopic (exact) mass is 730 g/mol. The Morgan fingerprint density at radius 1 is 1.04 bits per heavy atom. The lowest BCUT2D eigenvalue weighted by Crippen LogP contribution is -2.65. The van der Waals surface area contributed by atoms with Crippen LogP contribution in [0.15, 0.2) is 36.8 Å². The number of anilines is 3. The lowest BCUT2D eigenvalue weighted by atomic mass is 9.71. The SMILES string of the molecule is Cc1cc(F)c(Nc2nc(-c3cnc4c(c3)N(C3CC(C)(N5CCOCC5)C3)C(=O)C4(C)C)cc3ncn(C(C)C)c23)cc1C(=O)NC1(C(F)F)CC1. The van der Waals surface area contributed by atoms with E-state index < -0.39 is 29.1 Å². The number of ether oxygens (including phenoxy) is 1. The molecule has 2 N–H and O–H groups in total. The van der Waals surface area contributed by atoms with Gasteiger partial charge in [-0.05, 0) is 97.1 Å². The third-order valence-corrected chi connectivity index (χ3v) is 11.7. The smallest absolute Gasteiger partial charge is 0.261 e. The molecular formula is C39H45F3N8O3. The molecule has 0 atom stereocenters. The lowest BCUT2D eigenvalue weighted by molar-refractivity contribution is -0.124. The van der Waals surface area contributed by atoms with E-state index in [1.807, 2.05) is 49.3 Å². The maximum Gasteiger partial charge on any atom is 0.261 e. The third kappa shape index (κ3) is 5.85.